The number of nitrogens with two attached hydrogens (primary N) is 1. The van der Waals surface area contributed by atoms with Crippen molar-refractivity contribution in [3.05, 3.63) is 30.1 Å². The Balaban J connectivity index is 1.87. The minimum absolute atomic E-state index is 0.149. The van der Waals surface area contributed by atoms with E-state index < -0.39 is 0 Å². The van der Waals surface area contributed by atoms with Crippen molar-refractivity contribution in [2.75, 3.05) is 25.0 Å². The van der Waals surface area contributed by atoms with Crippen LogP contribution in [0.5, 0.6) is 0 Å². The SMILES string of the molecule is CC1CC(CN)(N(C)c2ccccc2F)CN1C1CC1. The van der Waals surface area contributed by atoms with Crippen LogP contribution < -0.4 is 10.6 Å². The van der Waals surface area contributed by atoms with Crippen LogP contribution in [0, 0.1) is 5.82 Å². The van der Waals surface area contributed by atoms with Crippen LogP contribution in [0.2, 0.25) is 0 Å². The predicted octanol–water partition coefficient (Wildman–Crippen LogP) is 2.22. The molecule has 4 heteroatoms. The van der Waals surface area contributed by atoms with Crippen molar-refractivity contribution in [3.63, 3.8) is 0 Å². The molecule has 0 radical (unpaired) electrons. The number of hydrogen-bond acceptors (Lipinski definition) is 3. The van der Waals surface area contributed by atoms with E-state index in [1.54, 1.807) is 6.07 Å². The molecule has 2 aliphatic rings. The average molecular weight is 277 g/mol. The van der Waals surface area contributed by atoms with Crippen LogP contribution in [0.25, 0.3) is 0 Å². The van der Waals surface area contributed by atoms with Gasteiger partial charge in [-0.25, -0.2) is 4.39 Å². The number of likely N-dealkylation sites (N-methyl/N-ethyl adjacent to an activating group) is 1. The van der Waals surface area contributed by atoms with Crippen LogP contribution in [-0.2, 0) is 0 Å². The second kappa shape index (κ2) is 5.01. The van der Waals surface area contributed by atoms with Gasteiger partial charge in [0.05, 0.1) is 11.2 Å². The molecule has 1 aliphatic carbocycles. The maximum Gasteiger partial charge on any atom is 0.146 e. The van der Waals surface area contributed by atoms with Gasteiger partial charge in [-0.1, -0.05) is 12.1 Å². The molecule has 20 heavy (non-hydrogen) atoms. The fraction of sp³-hybridized carbons (Fsp3) is 0.625. The predicted molar refractivity (Wildman–Crippen MR) is 80.4 cm³/mol. The Hall–Kier alpha value is -1.13. The van der Waals surface area contributed by atoms with Crippen LogP contribution in [0.15, 0.2) is 24.3 Å². The third kappa shape index (κ3) is 2.21. The zero-order valence-corrected chi connectivity index (χ0v) is 12.3. The quantitative estimate of drug-likeness (QED) is 0.916. The van der Waals surface area contributed by atoms with Gasteiger partial charge in [-0.3, -0.25) is 4.90 Å². The second-order valence-corrected chi connectivity index (χ2v) is 6.40. The molecule has 1 aromatic carbocycles. The third-order valence-electron chi connectivity index (χ3n) is 5.04. The van der Waals surface area contributed by atoms with Crippen LogP contribution in [0.4, 0.5) is 10.1 Å². The molecular formula is C16H24FN3. The molecule has 2 atom stereocenters. The molecule has 1 aromatic rings. The molecule has 1 heterocycles. The van der Waals surface area contributed by atoms with E-state index in [4.69, 9.17) is 5.73 Å². The van der Waals surface area contributed by atoms with Crippen molar-refractivity contribution >= 4 is 5.69 Å². The summed E-state index contributed by atoms with van der Waals surface area (Å²) in [6, 6.07) is 8.24. The average Bonchev–Trinajstić information content (AvgIpc) is 3.23. The molecule has 2 N–H and O–H groups in total. The fourth-order valence-corrected chi connectivity index (χ4v) is 3.63. The van der Waals surface area contributed by atoms with Gasteiger partial charge in [0.1, 0.15) is 5.82 Å². The van der Waals surface area contributed by atoms with E-state index in [-0.39, 0.29) is 11.4 Å². The van der Waals surface area contributed by atoms with Gasteiger partial charge in [0.2, 0.25) is 0 Å². The summed E-state index contributed by atoms with van der Waals surface area (Å²) in [5.74, 6) is -0.166. The van der Waals surface area contributed by atoms with E-state index in [0.717, 1.165) is 19.0 Å². The fourth-order valence-electron chi connectivity index (χ4n) is 3.63. The Kier molecular flexibility index (Phi) is 3.46. The molecule has 2 unspecified atom stereocenters. The van der Waals surface area contributed by atoms with Crippen molar-refractivity contribution in [1.29, 1.82) is 0 Å². The summed E-state index contributed by atoms with van der Waals surface area (Å²) in [5, 5.41) is 0. The Morgan fingerprint density at radius 2 is 2.10 bits per heavy atom. The van der Waals surface area contributed by atoms with Crippen molar-refractivity contribution in [1.82, 2.24) is 4.90 Å². The molecule has 1 saturated heterocycles. The molecule has 3 nitrogen and oxygen atoms in total. The first-order chi connectivity index (χ1) is 9.57. The maximum absolute atomic E-state index is 14.1. The lowest BCUT2D eigenvalue weighted by Crippen LogP contribution is -2.54. The topological polar surface area (TPSA) is 32.5 Å². The minimum Gasteiger partial charge on any atom is -0.364 e. The highest BCUT2D eigenvalue weighted by Gasteiger charge is 2.48. The third-order valence-corrected chi connectivity index (χ3v) is 5.04. The summed E-state index contributed by atoms with van der Waals surface area (Å²) in [6.07, 6.45) is 3.60. The normalized spacial score (nSPS) is 30.7. The molecular weight excluding hydrogens is 253 g/mol. The van der Waals surface area contributed by atoms with Crippen molar-refractivity contribution < 1.29 is 4.39 Å². The molecule has 2 fully saturated rings. The highest BCUT2D eigenvalue weighted by molar-refractivity contribution is 5.50. The molecule has 110 valence electrons. The highest BCUT2D eigenvalue weighted by Crippen LogP contribution is 2.40. The number of hydrogen-bond donors (Lipinski definition) is 1. The summed E-state index contributed by atoms with van der Waals surface area (Å²) in [7, 11) is 1.98. The van der Waals surface area contributed by atoms with Gasteiger partial charge in [-0.15, -0.1) is 0 Å². The van der Waals surface area contributed by atoms with E-state index in [1.165, 1.54) is 18.9 Å². The second-order valence-electron chi connectivity index (χ2n) is 6.40. The first-order valence-corrected chi connectivity index (χ1v) is 7.51. The van der Waals surface area contributed by atoms with Crippen LogP contribution in [-0.4, -0.2) is 42.7 Å². The summed E-state index contributed by atoms with van der Waals surface area (Å²) < 4.78 is 14.1. The number of rotatable bonds is 4. The van der Waals surface area contributed by atoms with Gasteiger partial charge < -0.3 is 10.6 Å². The smallest absolute Gasteiger partial charge is 0.146 e. The van der Waals surface area contributed by atoms with Crippen LogP contribution >= 0.6 is 0 Å². The molecule has 0 spiro atoms. The first-order valence-electron chi connectivity index (χ1n) is 7.51. The zero-order valence-electron chi connectivity index (χ0n) is 12.3. The number of nitrogens with zero attached hydrogens (tertiary/aromatic N) is 2. The largest absolute Gasteiger partial charge is 0.364 e. The van der Waals surface area contributed by atoms with Gasteiger partial charge in [-0.05, 0) is 38.3 Å². The highest BCUT2D eigenvalue weighted by atomic mass is 19.1. The first kappa shape index (κ1) is 13.8. The van der Waals surface area contributed by atoms with Gasteiger partial charge in [0.25, 0.3) is 0 Å². The maximum atomic E-state index is 14.1. The lowest BCUT2D eigenvalue weighted by molar-refractivity contribution is 0.249. The van der Waals surface area contributed by atoms with Gasteiger partial charge in [0.15, 0.2) is 0 Å². The summed E-state index contributed by atoms with van der Waals surface area (Å²) in [4.78, 5) is 4.63. The Bertz CT molecular complexity index is 488. The number of benzene rings is 1. The van der Waals surface area contributed by atoms with Crippen molar-refractivity contribution in [3.8, 4) is 0 Å². The Morgan fingerprint density at radius 1 is 1.40 bits per heavy atom. The lowest BCUT2D eigenvalue weighted by atomic mass is 9.93. The summed E-state index contributed by atoms with van der Waals surface area (Å²) >= 11 is 0. The summed E-state index contributed by atoms with van der Waals surface area (Å²) in [5.41, 5.74) is 6.62. The molecule has 1 aliphatic heterocycles. The van der Waals surface area contributed by atoms with E-state index in [0.29, 0.717) is 18.3 Å². The standard InChI is InChI=1S/C16H24FN3/c1-12-9-16(10-18,11-20(12)13-7-8-13)19(2)15-6-4-3-5-14(15)17/h3-6,12-13H,7-11,18H2,1-2H3. The van der Waals surface area contributed by atoms with E-state index in [2.05, 4.69) is 16.7 Å². The molecule has 0 bridgehead atoms. The molecule has 3 rings (SSSR count). The van der Waals surface area contributed by atoms with Crippen molar-refractivity contribution in [2.24, 2.45) is 5.73 Å². The summed E-state index contributed by atoms with van der Waals surface area (Å²) in [6.45, 7) is 3.77. The van der Waals surface area contributed by atoms with Gasteiger partial charge >= 0.3 is 0 Å². The Labute approximate surface area is 120 Å². The number of halogens is 1. The number of likely N-dealkylation sites (tertiary alicyclic amines) is 1. The van der Waals surface area contributed by atoms with Crippen LogP contribution in [0.3, 0.4) is 0 Å². The van der Waals surface area contributed by atoms with Gasteiger partial charge in [0, 0.05) is 32.2 Å². The van der Waals surface area contributed by atoms with Crippen molar-refractivity contribution in [2.45, 2.75) is 43.8 Å². The van der Waals surface area contributed by atoms with Gasteiger partial charge in [-0.2, -0.15) is 0 Å². The molecule has 0 amide bonds. The zero-order chi connectivity index (χ0) is 14.3. The monoisotopic (exact) mass is 277 g/mol. The van der Waals surface area contributed by atoms with E-state index in [1.807, 2.05) is 19.2 Å². The lowest BCUT2D eigenvalue weighted by Gasteiger charge is -2.40. The Morgan fingerprint density at radius 3 is 2.70 bits per heavy atom. The number of para-hydroxylation sites is 1. The number of anilines is 1. The molecule has 0 aromatic heterocycles. The van der Waals surface area contributed by atoms with Crippen LogP contribution in [0.1, 0.15) is 26.2 Å². The van der Waals surface area contributed by atoms with E-state index >= 15 is 0 Å². The molecule has 1 saturated carbocycles. The minimum atomic E-state index is -0.166. The van der Waals surface area contributed by atoms with E-state index in [9.17, 15) is 4.39 Å².